The summed E-state index contributed by atoms with van der Waals surface area (Å²) in [6.07, 6.45) is -5.77. The van der Waals surface area contributed by atoms with E-state index < -0.39 is 30.7 Å². The van der Waals surface area contributed by atoms with E-state index in [0.717, 1.165) is 0 Å². The van der Waals surface area contributed by atoms with Crippen molar-refractivity contribution in [1.82, 2.24) is 5.32 Å². The van der Waals surface area contributed by atoms with Crippen molar-refractivity contribution in [1.29, 1.82) is 0 Å². The first-order valence-corrected chi connectivity index (χ1v) is 4.94. The summed E-state index contributed by atoms with van der Waals surface area (Å²) >= 11 is 0. The van der Waals surface area contributed by atoms with Gasteiger partial charge in [0.05, 0.1) is 0 Å². The standard InChI is InChI=1S/C9H17NO6/c1-4(11)10-3-5-6(12)7(13)8(14)9(15-2)16-5/h5-9,12-14H,3H2,1-2H3,(H,10,11)/t5-,6-,7+,8+,9+/m1/s1. The van der Waals surface area contributed by atoms with Crippen LogP contribution in [0.4, 0.5) is 0 Å². The number of ether oxygens (including phenoxy) is 2. The first-order chi connectivity index (χ1) is 7.47. The highest BCUT2D eigenvalue weighted by Crippen LogP contribution is 2.21. The zero-order valence-electron chi connectivity index (χ0n) is 9.16. The second kappa shape index (κ2) is 5.55. The van der Waals surface area contributed by atoms with Gasteiger partial charge in [0, 0.05) is 20.6 Å². The Kier molecular flexibility index (Phi) is 4.63. The van der Waals surface area contributed by atoms with E-state index in [4.69, 9.17) is 9.47 Å². The van der Waals surface area contributed by atoms with Crippen LogP contribution < -0.4 is 5.32 Å². The van der Waals surface area contributed by atoms with Crippen LogP contribution in [-0.4, -0.2) is 65.6 Å². The molecule has 1 aliphatic heterocycles. The van der Waals surface area contributed by atoms with Gasteiger partial charge in [-0.1, -0.05) is 0 Å². The molecule has 0 aromatic rings. The van der Waals surface area contributed by atoms with Crippen LogP contribution in [-0.2, 0) is 14.3 Å². The summed E-state index contributed by atoms with van der Waals surface area (Å²) in [7, 11) is 1.31. The Morgan fingerprint density at radius 3 is 2.44 bits per heavy atom. The van der Waals surface area contributed by atoms with Gasteiger partial charge >= 0.3 is 0 Å². The number of rotatable bonds is 3. The normalized spacial score (nSPS) is 39.4. The molecular formula is C9H17NO6. The molecule has 1 rings (SSSR count). The number of hydrogen-bond acceptors (Lipinski definition) is 6. The van der Waals surface area contributed by atoms with Crippen LogP contribution in [0.5, 0.6) is 0 Å². The minimum absolute atomic E-state index is 0.0418. The van der Waals surface area contributed by atoms with E-state index >= 15 is 0 Å². The van der Waals surface area contributed by atoms with Gasteiger partial charge in [-0.05, 0) is 0 Å². The van der Waals surface area contributed by atoms with Gasteiger partial charge in [-0.2, -0.15) is 0 Å². The predicted octanol–water partition coefficient (Wildman–Crippen LogP) is -2.42. The number of nitrogens with one attached hydrogen (secondary N) is 1. The van der Waals surface area contributed by atoms with E-state index in [1.807, 2.05) is 0 Å². The van der Waals surface area contributed by atoms with Crippen LogP contribution in [0, 0.1) is 0 Å². The molecule has 0 spiro atoms. The molecule has 4 N–H and O–H groups in total. The van der Waals surface area contributed by atoms with Gasteiger partial charge in [-0.3, -0.25) is 4.79 Å². The SMILES string of the molecule is CO[C@H]1O[C@H](CNC(C)=O)[C@@H](O)[C@H](O)[C@@H]1O. The molecule has 1 amide bonds. The first kappa shape index (κ1) is 13.3. The Labute approximate surface area is 93.0 Å². The highest BCUT2D eigenvalue weighted by atomic mass is 16.7. The van der Waals surface area contributed by atoms with E-state index in [1.54, 1.807) is 0 Å². The number of carbonyl (C=O) groups excluding carboxylic acids is 1. The average molecular weight is 235 g/mol. The number of carbonyl (C=O) groups is 1. The lowest BCUT2D eigenvalue weighted by Gasteiger charge is -2.39. The molecule has 0 unspecified atom stereocenters. The summed E-state index contributed by atoms with van der Waals surface area (Å²) in [4.78, 5) is 10.7. The quantitative estimate of drug-likeness (QED) is 0.433. The Morgan fingerprint density at radius 2 is 1.94 bits per heavy atom. The molecule has 0 saturated carbocycles. The van der Waals surface area contributed by atoms with E-state index in [1.165, 1.54) is 14.0 Å². The second-order valence-electron chi connectivity index (χ2n) is 3.69. The molecule has 0 radical (unpaired) electrons. The van der Waals surface area contributed by atoms with Gasteiger partial charge in [0.1, 0.15) is 24.4 Å². The number of methoxy groups -OCH3 is 1. The number of aliphatic hydroxyl groups excluding tert-OH is 3. The third kappa shape index (κ3) is 2.89. The topological polar surface area (TPSA) is 108 Å². The van der Waals surface area contributed by atoms with Crippen molar-refractivity contribution in [3.63, 3.8) is 0 Å². The van der Waals surface area contributed by atoms with E-state index in [2.05, 4.69) is 5.32 Å². The Balaban J connectivity index is 2.60. The Hall–Kier alpha value is -0.730. The molecule has 1 fully saturated rings. The minimum Gasteiger partial charge on any atom is -0.388 e. The monoisotopic (exact) mass is 235 g/mol. The Morgan fingerprint density at radius 1 is 1.31 bits per heavy atom. The molecule has 1 heterocycles. The van der Waals surface area contributed by atoms with Crippen LogP contribution in [0.15, 0.2) is 0 Å². The lowest BCUT2D eigenvalue weighted by Crippen LogP contribution is -2.60. The van der Waals surface area contributed by atoms with Crippen LogP contribution in [0.2, 0.25) is 0 Å². The molecule has 0 bridgehead atoms. The van der Waals surface area contributed by atoms with Crippen LogP contribution in [0.25, 0.3) is 0 Å². The number of amides is 1. The van der Waals surface area contributed by atoms with Gasteiger partial charge in [0.15, 0.2) is 6.29 Å². The van der Waals surface area contributed by atoms with Crippen molar-refractivity contribution in [3.8, 4) is 0 Å². The third-order valence-electron chi connectivity index (χ3n) is 2.45. The summed E-state index contributed by atoms with van der Waals surface area (Å²) in [6.45, 7) is 1.37. The number of hydrogen-bond donors (Lipinski definition) is 4. The molecule has 16 heavy (non-hydrogen) atoms. The summed E-state index contributed by atoms with van der Waals surface area (Å²) in [5.41, 5.74) is 0. The molecule has 1 saturated heterocycles. The molecule has 0 aromatic carbocycles. The molecule has 7 nitrogen and oxygen atoms in total. The smallest absolute Gasteiger partial charge is 0.216 e. The molecular weight excluding hydrogens is 218 g/mol. The van der Waals surface area contributed by atoms with E-state index in [-0.39, 0.29) is 12.5 Å². The number of aliphatic hydroxyl groups is 3. The van der Waals surface area contributed by atoms with Crippen molar-refractivity contribution in [2.45, 2.75) is 37.6 Å². The largest absolute Gasteiger partial charge is 0.388 e. The fraction of sp³-hybridized carbons (Fsp3) is 0.889. The van der Waals surface area contributed by atoms with Crippen LogP contribution >= 0.6 is 0 Å². The summed E-state index contributed by atoms with van der Waals surface area (Å²) in [5, 5.41) is 31.0. The maximum absolute atomic E-state index is 10.7. The summed E-state index contributed by atoms with van der Waals surface area (Å²) in [5.74, 6) is -0.273. The zero-order valence-corrected chi connectivity index (χ0v) is 9.16. The van der Waals surface area contributed by atoms with E-state index in [0.29, 0.717) is 0 Å². The van der Waals surface area contributed by atoms with Crippen molar-refractivity contribution in [2.75, 3.05) is 13.7 Å². The van der Waals surface area contributed by atoms with Gasteiger partial charge in [-0.15, -0.1) is 0 Å². The lowest BCUT2D eigenvalue weighted by molar-refractivity contribution is -0.288. The third-order valence-corrected chi connectivity index (χ3v) is 2.45. The van der Waals surface area contributed by atoms with Crippen molar-refractivity contribution >= 4 is 5.91 Å². The fourth-order valence-corrected chi connectivity index (χ4v) is 1.52. The fourth-order valence-electron chi connectivity index (χ4n) is 1.52. The average Bonchev–Trinajstić information content (AvgIpc) is 2.25. The highest BCUT2D eigenvalue weighted by Gasteiger charge is 2.43. The van der Waals surface area contributed by atoms with E-state index in [9.17, 15) is 20.1 Å². The lowest BCUT2D eigenvalue weighted by atomic mass is 9.99. The second-order valence-corrected chi connectivity index (χ2v) is 3.69. The maximum atomic E-state index is 10.7. The summed E-state index contributed by atoms with van der Waals surface area (Å²) < 4.78 is 9.99. The maximum Gasteiger partial charge on any atom is 0.216 e. The van der Waals surface area contributed by atoms with Crippen molar-refractivity contribution < 1.29 is 29.6 Å². The molecule has 7 heteroatoms. The molecule has 5 atom stereocenters. The van der Waals surface area contributed by atoms with Gasteiger partial charge < -0.3 is 30.1 Å². The molecule has 1 aliphatic rings. The summed E-state index contributed by atoms with van der Waals surface area (Å²) in [6, 6.07) is 0. The first-order valence-electron chi connectivity index (χ1n) is 4.94. The van der Waals surface area contributed by atoms with Crippen molar-refractivity contribution in [2.24, 2.45) is 0 Å². The van der Waals surface area contributed by atoms with Gasteiger partial charge in [-0.25, -0.2) is 0 Å². The van der Waals surface area contributed by atoms with Crippen LogP contribution in [0.3, 0.4) is 0 Å². The minimum atomic E-state index is -1.36. The van der Waals surface area contributed by atoms with Crippen molar-refractivity contribution in [3.05, 3.63) is 0 Å². The zero-order chi connectivity index (χ0) is 12.3. The molecule has 0 aliphatic carbocycles. The van der Waals surface area contributed by atoms with Gasteiger partial charge in [0.25, 0.3) is 0 Å². The Bertz CT molecular complexity index is 246. The predicted molar refractivity (Wildman–Crippen MR) is 52.4 cm³/mol. The van der Waals surface area contributed by atoms with Gasteiger partial charge in [0.2, 0.25) is 5.91 Å². The van der Waals surface area contributed by atoms with Crippen LogP contribution in [0.1, 0.15) is 6.92 Å². The molecule has 94 valence electrons. The molecule has 0 aromatic heterocycles. The highest BCUT2D eigenvalue weighted by molar-refractivity contribution is 5.72.